The van der Waals surface area contributed by atoms with Crippen molar-refractivity contribution in [3.8, 4) is 17.3 Å². The summed E-state index contributed by atoms with van der Waals surface area (Å²) in [5, 5.41) is 8.67. The van der Waals surface area contributed by atoms with Gasteiger partial charge in [-0.25, -0.2) is 4.98 Å². The van der Waals surface area contributed by atoms with Gasteiger partial charge in [0.1, 0.15) is 18.1 Å². The summed E-state index contributed by atoms with van der Waals surface area (Å²) in [6.45, 7) is 9.30. The Hall–Kier alpha value is -3.84. The highest BCUT2D eigenvalue weighted by Crippen LogP contribution is 2.30. The lowest BCUT2D eigenvalue weighted by Crippen LogP contribution is -2.28. The summed E-state index contributed by atoms with van der Waals surface area (Å²) in [5.41, 5.74) is 5.99. The van der Waals surface area contributed by atoms with E-state index in [4.69, 9.17) is 9.72 Å². The number of aromatic nitrogens is 4. The number of hydrogen-bond donors (Lipinski definition) is 2. The number of imidazole rings is 1. The van der Waals surface area contributed by atoms with E-state index in [1.54, 1.807) is 0 Å². The Labute approximate surface area is 212 Å². The van der Waals surface area contributed by atoms with Crippen molar-refractivity contribution in [2.45, 2.75) is 26.9 Å². The second kappa shape index (κ2) is 10.8. The Kier molecular flexibility index (Phi) is 7.18. The Balaban J connectivity index is 1.33. The van der Waals surface area contributed by atoms with E-state index in [-0.39, 0.29) is 0 Å². The van der Waals surface area contributed by atoms with Crippen LogP contribution in [0, 0.1) is 0 Å². The highest BCUT2D eigenvalue weighted by molar-refractivity contribution is 5.94. The number of nitrogens with one attached hydrogen (secondary N) is 2. The molecular formula is C29H34N6O. The maximum atomic E-state index is 6.04. The van der Waals surface area contributed by atoms with Crippen molar-refractivity contribution < 1.29 is 4.74 Å². The number of aromatic amines is 2. The van der Waals surface area contributed by atoms with E-state index < -0.39 is 0 Å². The van der Waals surface area contributed by atoms with Crippen LogP contribution in [0.1, 0.15) is 25.8 Å². The van der Waals surface area contributed by atoms with Gasteiger partial charge in [-0.15, -0.1) is 0 Å². The molecule has 2 N–H and O–H groups in total. The number of nitrogens with zero attached hydrogens (tertiary/aromatic N) is 4. The molecule has 0 saturated carbocycles. The molecule has 0 atom stereocenters. The van der Waals surface area contributed by atoms with Gasteiger partial charge in [0.25, 0.3) is 0 Å². The fourth-order valence-electron chi connectivity index (χ4n) is 4.55. The molecule has 0 bridgehead atoms. The van der Waals surface area contributed by atoms with Crippen LogP contribution in [0.2, 0.25) is 0 Å². The molecule has 0 amide bonds. The SMILES string of the molecule is CCN(CC)CCCN(C)c1ccc2nc(-c3n[nH]c4ccc(OCc5ccccc5)cc34)[nH]c2c1. The molecule has 0 radical (unpaired) electrons. The number of rotatable bonds is 11. The molecule has 0 aliphatic heterocycles. The Morgan fingerprint density at radius 2 is 1.72 bits per heavy atom. The first-order valence-corrected chi connectivity index (χ1v) is 12.7. The average molecular weight is 483 g/mol. The summed E-state index contributed by atoms with van der Waals surface area (Å²) < 4.78 is 6.04. The number of H-pyrrole nitrogens is 2. The minimum atomic E-state index is 0.523. The summed E-state index contributed by atoms with van der Waals surface area (Å²) in [7, 11) is 2.15. The lowest BCUT2D eigenvalue weighted by Gasteiger charge is -2.22. The second-order valence-electron chi connectivity index (χ2n) is 9.14. The minimum Gasteiger partial charge on any atom is -0.489 e. The highest BCUT2D eigenvalue weighted by atomic mass is 16.5. The van der Waals surface area contributed by atoms with Crippen LogP contribution in [0.15, 0.2) is 66.7 Å². The molecule has 7 nitrogen and oxygen atoms in total. The molecule has 0 fully saturated rings. The van der Waals surface area contributed by atoms with Crippen molar-refractivity contribution >= 4 is 27.6 Å². The molecule has 186 valence electrons. The average Bonchev–Trinajstić information content (AvgIpc) is 3.53. The Morgan fingerprint density at radius 1 is 0.889 bits per heavy atom. The molecule has 5 aromatic rings. The van der Waals surface area contributed by atoms with Crippen molar-refractivity contribution in [2.24, 2.45) is 0 Å². The maximum absolute atomic E-state index is 6.04. The summed E-state index contributed by atoms with van der Waals surface area (Å²) in [6.07, 6.45) is 1.14. The molecule has 3 aromatic carbocycles. The molecule has 0 saturated heterocycles. The van der Waals surface area contributed by atoms with Gasteiger partial charge in [-0.2, -0.15) is 5.10 Å². The third-order valence-electron chi connectivity index (χ3n) is 6.78. The number of ether oxygens (including phenoxy) is 1. The summed E-state index contributed by atoms with van der Waals surface area (Å²) in [4.78, 5) is 13.1. The molecule has 0 unspecified atom stereocenters. The van der Waals surface area contributed by atoms with Gasteiger partial charge in [0.2, 0.25) is 0 Å². The van der Waals surface area contributed by atoms with E-state index >= 15 is 0 Å². The number of fused-ring (bicyclic) bond motifs is 2. The topological polar surface area (TPSA) is 73.1 Å². The first kappa shape index (κ1) is 23.9. The van der Waals surface area contributed by atoms with E-state index in [1.165, 1.54) is 5.69 Å². The van der Waals surface area contributed by atoms with E-state index in [0.29, 0.717) is 6.61 Å². The zero-order valence-corrected chi connectivity index (χ0v) is 21.3. The first-order valence-electron chi connectivity index (χ1n) is 12.7. The zero-order chi connectivity index (χ0) is 24.9. The van der Waals surface area contributed by atoms with Crippen LogP contribution < -0.4 is 9.64 Å². The quantitative estimate of drug-likeness (QED) is 0.247. The lowest BCUT2D eigenvalue weighted by atomic mass is 10.2. The molecule has 7 heteroatoms. The van der Waals surface area contributed by atoms with Crippen molar-refractivity contribution in [1.29, 1.82) is 0 Å². The monoisotopic (exact) mass is 482 g/mol. The van der Waals surface area contributed by atoms with Crippen molar-refractivity contribution in [1.82, 2.24) is 25.1 Å². The van der Waals surface area contributed by atoms with Gasteiger partial charge in [-0.3, -0.25) is 5.10 Å². The lowest BCUT2D eigenvalue weighted by molar-refractivity contribution is 0.301. The number of anilines is 1. The van der Waals surface area contributed by atoms with Crippen LogP contribution in [0.5, 0.6) is 5.75 Å². The van der Waals surface area contributed by atoms with Crippen LogP contribution in [0.3, 0.4) is 0 Å². The fraction of sp³-hybridized carbons (Fsp3) is 0.310. The van der Waals surface area contributed by atoms with Gasteiger partial charge in [-0.1, -0.05) is 44.2 Å². The van der Waals surface area contributed by atoms with Crippen LogP contribution in [0.25, 0.3) is 33.5 Å². The van der Waals surface area contributed by atoms with Crippen LogP contribution in [-0.4, -0.2) is 58.3 Å². The zero-order valence-electron chi connectivity index (χ0n) is 21.3. The van der Waals surface area contributed by atoms with E-state index in [1.807, 2.05) is 36.4 Å². The van der Waals surface area contributed by atoms with Gasteiger partial charge in [0, 0.05) is 24.7 Å². The minimum absolute atomic E-state index is 0.523. The van der Waals surface area contributed by atoms with Gasteiger partial charge in [-0.05, 0) is 68.0 Å². The van der Waals surface area contributed by atoms with Crippen molar-refractivity contribution in [3.05, 3.63) is 72.3 Å². The van der Waals surface area contributed by atoms with Crippen molar-refractivity contribution in [3.63, 3.8) is 0 Å². The Morgan fingerprint density at radius 3 is 2.53 bits per heavy atom. The standard InChI is InChI=1S/C29H34N6O/c1-4-35(5-2)17-9-16-34(3)22-12-14-26-27(18-22)31-29(30-26)28-24-19-23(13-15-25(24)32-33-28)36-20-21-10-7-6-8-11-21/h6-8,10-15,18-19H,4-5,9,16-17,20H2,1-3H3,(H,30,31)(H,32,33). The van der Waals surface area contributed by atoms with Crippen LogP contribution >= 0.6 is 0 Å². The molecule has 2 heterocycles. The third-order valence-corrected chi connectivity index (χ3v) is 6.78. The summed E-state index contributed by atoms with van der Waals surface area (Å²) >= 11 is 0. The number of benzene rings is 3. The smallest absolute Gasteiger partial charge is 0.159 e. The molecular weight excluding hydrogens is 448 g/mol. The van der Waals surface area contributed by atoms with Gasteiger partial charge in [0.05, 0.1) is 16.6 Å². The van der Waals surface area contributed by atoms with E-state index in [2.05, 4.69) is 76.2 Å². The van der Waals surface area contributed by atoms with Crippen molar-refractivity contribution in [2.75, 3.05) is 38.1 Å². The van der Waals surface area contributed by atoms with Gasteiger partial charge < -0.3 is 19.5 Å². The van der Waals surface area contributed by atoms with Gasteiger partial charge in [0.15, 0.2) is 5.82 Å². The van der Waals surface area contributed by atoms with Gasteiger partial charge >= 0.3 is 0 Å². The normalized spacial score (nSPS) is 11.6. The molecule has 0 aliphatic rings. The third kappa shape index (κ3) is 5.21. The predicted molar refractivity (Wildman–Crippen MR) is 148 cm³/mol. The van der Waals surface area contributed by atoms with E-state index in [0.717, 1.165) is 77.4 Å². The molecule has 0 spiro atoms. The van der Waals surface area contributed by atoms with Crippen LogP contribution in [-0.2, 0) is 6.61 Å². The predicted octanol–water partition coefficient (Wildman–Crippen LogP) is 5.85. The number of hydrogen-bond acceptors (Lipinski definition) is 5. The molecule has 5 rings (SSSR count). The second-order valence-corrected chi connectivity index (χ2v) is 9.14. The Bertz CT molecular complexity index is 1420. The summed E-state index contributed by atoms with van der Waals surface area (Å²) in [6, 6.07) is 22.6. The largest absolute Gasteiger partial charge is 0.489 e. The highest BCUT2D eigenvalue weighted by Gasteiger charge is 2.14. The molecule has 2 aromatic heterocycles. The first-order chi connectivity index (χ1) is 17.6. The molecule has 36 heavy (non-hydrogen) atoms. The van der Waals surface area contributed by atoms with Crippen LogP contribution in [0.4, 0.5) is 5.69 Å². The fourth-order valence-corrected chi connectivity index (χ4v) is 4.55. The van der Waals surface area contributed by atoms with E-state index in [9.17, 15) is 0 Å². The maximum Gasteiger partial charge on any atom is 0.159 e. The molecule has 0 aliphatic carbocycles. The summed E-state index contributed by atoms with van der Waals surface area (Å²) in [5.74, 6) is 1.55.